The van der Waals surface area contributed by atoms with Crippen LogP contribution in [0.25, 0.3) is 0 Å². The SMILES string of the molecule is [CH2-]CCCC.[CH2-]CCCC.[CH2-]CCCC.[Co+3].[O]=[Co][O-].[O]=[Co][O-].[O]=[Co][O-]. The van der Waals surface area contributed by atoms with Crippen LogP contribution in [0.15, 0.2) is 0 Å². The zero-order valence-corrected chi connectivity index (χ0v) is 19.4. The van der Waals surface area contributed by atoms with Crippen LogP contribution in [0.5, 0.6) is 0 Å². The molecule has 0 aliphatic rings. The molecule has 0 N–H and O–H groups in total. The van der Waals surface area contributed by atoms with Gasteiger partial charge in [-0.15, -0.1) is 0 Å². The minimum atomic E-state index is -1.06. The Balaban J connectivity index is -0.0000000314. The molecule has 25 heavy (non-hydrogen) atoms. The van der Waals surface area contributed by atoms with E-state index in [1.807, 2.05) is 0 Å². The Kier molecular flexibility index (Phi) is 153. The first-order valence-corrected chi connectivity index (χ1v) is 9.99. The number of hydrogen-bond donors (Lipinski definition) is 0. The molecule has 0 radical (unpaired) electrons. The molecule has 0 aromatic rings. The molecule has 0 atom stereocenters. The van der Waals surface area contributed by atoms with E-state index >= 15 is 0 Å². The van der Waals surface area contributed by atoms with Crippen molar-refractivity contribution in [3.05, 3.63) is 20.8 Å². The molecule has 0 aliphatic carbocycles. The molecular formula is C15H33Co4O6-3. The Labute approximate surface area is 184 Å². The Morgan fingerprint density at radius 2 is 0.720 bits per heavy atom. The van der Waals surface area contributed by atoms with Gasteiger partial charge in [-0.1, -0.05) is 59.3 Å². The Hall–Kier alpha value is 1.31. The standard InChI is InChI=1S/3C5H11.4Co.6O/c3*1-3-5-4-2;;;;;;;;;;/h3*1,3-5H2,2H3;;;;;;;;;;/q3*-1;;;;+3;;;;3*-1. The van der Waals surface area contributed by atoms with Gasteiger partial charge in [0.05, 0.1) is 0 Å². The molecule has 0 aromatic carbocycles. The average Bonchev–Trinajstić information content (AvgIpc) is 2.53. The van der Waals surface area contributed by atoms with E-state index in [4.69, 9.17) is 24.3 Å². The first-order valence-electron chi connectivity index (χ1n) is 7.44. The van der Waals surface area contributed by atoms with Crippen molar-refractivity contribution in [3.63, 3.8) is 0 Å². The van der Waals surface area contributed by atoms with Crippen molar-refractivity contribution in [2.24, 2.45) is 0 Å². The summed E-state index contributed by atoms with van der Waals surface area (Å²) in [6, 6.07) is 0. The molecule has 0 rings (SSSR count). The summed E-state index contributed by atoms with van der Waals surface area (Å²) >= 11 is -3.19. The van der Waals surface area contributed by atoms with Crippen LogP contribution in [-0.4, -0.2) is 0 Å². The number of rotatable bonds is 6. The van der Waals surface area contributed by atoms with Crippen molar-refractivity contribution < 1.29 is 85.9 Å². The topological polar surface area (TPSA) is 120 Å². The van der Waals surface area contributed by atoms with Gasteiger partial charge in [-0.3, -0.25) is 0 Å². The van der Waals surface area contributed by atoms with E-state index in [0.29, 0.717) is 0 Å². The van der Waals surface area contributed by atoms with E-state index in [9.17, 15) is 0 Å². The van der Waals surface area contributed by atoms with Gasteiger partial charge in [-0.25, -0.2) is 0 Å². The van der Waals surface area contributed by atoms with Crippen molar-refractivity contribution in [2.75, 3.05) is 0 Å². The fourth-order valence-corrected chi connectivity index (χ4v) is 0.750. The van der Waals surface area contributed by atoms with E-state index in [2.05, 4.69) is 41.5 Å². The van der Waals surface area contributed by atoms with Crippen LogP contribution in [0.3, 0.4) is 0 Å². The molecule has 0 spiro atoms. The van der Waals surface area contributed by atoms with Crippen LogP contribution >= 0.6 is 0 Å². The van der Waals surface area contributed by atoms with E-state index in [-0.39, 0.29) is 16.8 Å². The summed E-state index contributed by atoms with van der Waals surface area (Å²) in [5.74, 6) is 0. The normalized spacial score (nSPS) is 7.56. The number of hydrogen-bond acceptors (Lipinski definition) is 6. The Bertz CT molecular complexity index is 144. The average molecular weight is 545 g/mol. The third kappa shape index (κ3) is 258. The van der Waals surface area contributed by atoms with Gasteiger partial charge in [0.25, 0.3) is 0 Å². The second kappa shape index (κ2) is 84.4. The van der Waals surface area contributed by atoms with Crippen LogP contribution in [0, 0.1) is 20.8 Å². The van der Waals surface area contributed by atoms with Crippen molar-refractivity contribution >= 4 is 0 Å². The fraction of sp³-hybridized carbons (Fsp3) is 0.800. The zero-order valence-electron chi connectivity index (χ0n) is 15.3. The summed E-state index contributed by atoms with van der Waals surface area (Å²) < 4.78 is 50.1. The molecule has 0 saturated heterocycles. The fourth-order valence-electron chi connectivity index (χ4n) is 0.750. The Morgan fingerprint density at radius 1 is 0.600 bits per heavy atom. The van der Waals surface area contributed by atoms with E-state index in [1.165, 1.54) is 38.5 Å². The van der Waals surface area contributed by atoms with Gasteiger partial charge in [0.2, 0.25) is 0 Å². The molecule has 0 heterocycles. The molecule has 168 valence electrons. The summed E-state index contributed by atoms with van der Waals surface area (Å²) in [7, 11) is 0. The van der Waals surface area contributed by atoms with Gasteiger partial charge in [-0.05, 0) is 0 Å². The van der Waals surface area contributed by atoms with Crippen molar-refractivity contribution in [1.29, 1.82) is 0 Å². The predicted molar refractivity (Wildman–Crippen MR) is 76.7 cm³/mol. The second-order valence-electron chi connectivity index (χ2n) is 3.79. The Morgan fingerprint density at radius 3 is 0.720 bits per heavy atom. The van der Waals surface area contributed by atoms with Crippen LogP contribution in [0.1, 0.15) is 78.6 Å². The maximum atomic E-state index is 8.34. The van der Waals surface area contributed by atoms with Crippen LogP contribution in [0.4, 0.5) is 0 Å². The molecule has 0 fully saturated rings. The van der Waals surface area contributed by atoms with Gasteiger partial charge in [0, 0.05) is 0 Å². The summed E-state index contributed by atoms with van der Waals surface area (Å²) in [5, 5.41) is 0. The van der Waals surface area contributed by atoms with Crippen LogP contribution in [-0.2, 0) is 73.2 Å². The zero-order chi connectivity index (χ0) is 20.5. The van der Waals surface area contributed by atoms with Crippen molar-refractivity contribution in [3.8, 4) is 0 Å². The molecule has 0 bridgehead atoms. The summed E-state index contributed by atoms with van der Waals surface area (Å²) in [5.41, 5.74) is 0. The quantitative estimate of drug-likeness (QED) is 0.472. The van der Waals surface area contributed by atoms with Crippen LogP contribution in [0.2, 0.25) is 0 Å². The molecule has 6 nitrogen and oxygen atoms in total. The summed E-state index contributed by atoms with van der Waals surface area (Å²) in [6.07, 6.45) is 11.0. The first kappa shape index (κ1) is 45.2. The van der Waals surface area contributed by atoms with E-state index < -0.39 is 44.9 Å². The second-order valence-corrected chi connectivity index (χ2v) is 4.31. The van der Waals surface area contributed by atoms with Crippen LogP contribution < -0.4 is 12.7 Å². The molecule has 0 saturated carbocycles. The number of unbranched alkanes of at least 4 members (excludes halogenated alkanes) is 6. The predicted octanol–water partition coefficient (Wildman–Crippen LogP) is 2.10. The van der Waals surface area contributed by atoms with Gasteiger partial charge < -0.3 is 20.8 Å². The first-order chi connectivity index (χ1) is 11.5. The maximum absolute atomic E-state index is 8.34. The minimum absolute atomic E-state index is 0. The van der Waals surface area contributed by atoms with E-state index in [0.717, 1.165) is 19.3 Å². The van der Waals surface area contributed by atoms with Gasteiger partial charge in [0.15, 0.2) is 0 Å². The van der Waals surface area contributed by atoms with E-state index in [1.54, 1.807) is 0 Å². The third-order valence-corrected chi connectivity index (χ3v) is 1.81. The molecular weight excluding hydrogens is 512 g/mol. The monoisotopic (exact) mass is 545 g/mol. The third-order valence-electron chi connectivity index (χ3n) is 1.81. The van der Waals surface area contributed by atoms with Gasteiger partial charge in [-0.2, -0.15) is 19.3 Å². The molecule has 0 aromatic heterocycles. The summed E-state index contributed by atoms with van der Waals surface area (Å²) in [4.78, 5) is 0. The van der Waals surface area contributed by atoms with Crippen molar-refractivity contribution in [2.45, 2.75) is 78.6 Å². The van der Waals surface area contributed by atoms with Gasteiger partial charge >= 0.3 is 85.9 Å². The molecule has 10 heteroatoms. The molecule has 0 amide bonds. The molecule has 0 unspecified atom stereocenters. The van der Waals surface area contributed by atoms with Crippen molar-refractivity contribution in [1.82, 2.24) is 0 Å². The summed E-state index contributed by atoms with van der Waals surface area (Å²) in [6.45, 7) is 17.5. The van der Waals surface area contributed by atoms with Gasteiger partial charge in [0.1, 0.15) is 0 Å². The molecule has 0 aliphatic heterocycles.